The number of benzene rings is 2. The standard InChI is InChI=1S/C19H21NO6/c1-12(2)26-17-10-14(24-3)7-8-16(17)19(23)20-13-5-4-6-15(9-13)25-11-18(21)22/h4-10,12H,11H2,1-3H3,(H,20,23)(H,21,22). The van der Waals surface area contributed by atoms with Gasteiger partial charge in [-0.15, -0.1) is 0 Å². The number of hydrogen-bond acceptors (Lipinski definition) is 5. The Kier molecular flexibility index (Phi) is 6.43. The molecule has 2 aromatic rings. The Morgan fingerprint density at radius 1 is 1.12 bits per heavy atom. The molecule has 0 aliphatic carbocycles. The number of aliphatic carboxylic acids is 1. The molecule has 2 N–H and O–H groups in total. The molecule has 0 bridgehead atoms. The van der Waals surface area contributed by atoms with Gasteiger partial charge >= 0.3 is 5.97 Å². The van der Waals surface area contributed by atoms with Crippen LogP contribution in [0.2, 0.25) is 0 Å². The van der Waals surface area contributed by atoms with Crippen LogP contribution >= 0.6 is 0 Å². The Morgan fingerprint density at radius 3 is 2.54 bits per heavy atom. The summed E-state index contributed by atoms with van der Waals surface area (Å²) in [4.78, 5) is 23.2. The number of hydrogen-bond donors (Lipinski definition) is 2. The summed E-state index contributed by atoms with van der Waals surface area (Å²) >= 11 is 0. The Balaban J connectivity index is 2.19. The Bertz CT molecular complexity index is 787. The number of nitrogens with one attached hydrogen (secondary N) is 1. The smallest absolute Gasteiger partial charge is 0.341 e. The van der Waals surface area contributed by atoms with Crippen molar-refractivity contribution in [3.8, 4) is 17.2 Å². The van der Waals surface area contributed by atoms with Gasteiger partial charge in [0.1, 0.15) is 17.2 Å². The van der Waals surface area contributed by atoms with Gasteiger partial charge in [0, 0.05) is 17.8 Å². The fourth-order valence-electron chi connectivity index (χ4n) is 2.18. The molecule has 26 heavy (non-hydrogen) atoms. The van der Waals surface area contributed by atoms with E-state index in [1.165, 1.54) is 7.11 Å². The van der Waals surface area contributed by atoms with E-state index in [4.69, 9.17) is 19.3 Å². The molecule has 7 nitrogen and oxygen atoms in total. The van der Waals surface area contributed by atoms with E-state index in [9.17, 15) is 9.59 Å². The fraction of sp³-hybridized carbons (Fsp3) is 0.263. The third kappa shape index (κ3) is 5.41. The van der Waals surface area contributed by atoms with E-state index < -0.39 is 12.6 Å². The number of carbonyl (C=O) groups excluding carboxylic acids is 1. The van der Waals surface area contributed by atoms with Crippen molar-refractivity contribution >= 4 is 17.6 Å². The average Bonchev–Trinajstić information content (AvgIpc) is 2.59. The maximum absolute atomic E-state index is 12.6. The molecule has 0 atom stereocenters. The zero-order valence-corrected chi connectivity index (χ0v) is 14.8. The van der Waals surface area contributed by atoms with E-state index in [-0.39, 0.29) is 12.0 Å². The fourth-order valence-corrected chi connectivity index (χ4v) is 2.18. The van der Waals surface area contributed by atoms with Gasteiger partial charge < -0.3 is 24.6 Å². The number of rotatable bonds is 8. The number of anilines is 1. The Hall–Kier alpha value is -3.22. The molecule has 1 amide bonds. The van der Waals surface area contributed by atoms with Crippen molar-refractivity contribution in [2.75, 3.05) is 19.0 Å². The minimum Gasteiger partial charge on any atom is -0.497 e. The maximum Gasteiger partial charge on any atom is 0.341 e. The summed E-state index contributed by atoms with van der Waals surface area (Å²) in [6.45, 7) is 3.27. The van der Waals surface area contributed by atoms with Gasteiger partial charge in [0.2, 0.25) is 0 Å². The SMILES string of the molecule is COc1ccc(C(=O)Nc2cccc(OCC(=O)O)c2)c(OC(C)C)c1. The second kappa shape index (κ2) is 8.75. The molecule has 138 valence electrons. The average molecular weight is 359 g/mol. The molecule has 7 heteroatoms. The summed E-state index contributed by atoms with van der Waals surface area (Å²) in [5.41, 5.74) is 0.834. The number of carboxylic acids is 1. The van der Waals surface area contributed by atoms with Crippen molar-refractivity contribution in [3.63, 3.8) is 0 Å². The van der Waals surface area contributed by atoms with Crippen molar-refractivity contribution < 1.29 is 28.9 Å². The number of carboxylic acid groups (broad SMARTS) is 1. The molecular formula is C19H21NO6. The molecule has 0 heterocycles. The summed E-state index contributed by atoms with van der Waals surface area (Å²) in [5, 5.41) is 11.4. The topological polar surface area (TPSA) is 94.1 Å². The summed E-state index contributed by atoms with van der Waals surface area (Å²) in [7, 11) is 1.54. The zero-order valence-electron chi connectivity index (χ0n) is 14.8. The van der Waals surface area contributed by atoms with Gasteiger partial charge in [-0.25, -0.2) is 4.79 Å². The lowest BCUT2D eigenvalue weighted by Crippen LogP contribution is -2.16. The lowest BCUT2D eigenvalue weighted by molar-refractivity contribution is -0.139. The molecule has 0 fully saturated rings. The first kappa shape index (κ1) is 19.1. The first-order valence-electron chi connectivity index (χ1n) is 7.99. The van der Waals surface area contributed by atoms with Gasteiger partial charge in [-0.05, 0) is 38.1 Å². The van der Waals surface area contributed by atoms with Crippen LogP contribution in [-0.4, -0.2) is 36.8 Å². The molecule has 0 unspecified atom stereocenters. The van der Waals surface area contributed by atoms with E-state index in [0.717, 1.165) is 0 Å². The zero-order chi connectivity index (χ0) is 19.1. The van der Waals surface area contributed by atoms with Crippen molar-refractivity contribution in [2.24, 2.45) is 0 Å². The third-order valence-corrected chi connectivity index (χ3v) is 3.25. The predicted octanol–water partition coefficient (Wildman–Crippen LogP) is 3.20. The highest BCUT2D eigenvalue weighted by molar-refractivity contribution is 6.06. The van der Waals surface area contributed by atoms with Gasteiger partial charge in [0.15, 0.2) is 6.61 Å². The summed E-state index contributed by atoms with van der Waals surface area (Å²) in [6, 6.07) is 11.4. The summed E-state index contributed by atoms with van der Waals surface area (Å²) in [6.07, 6.45) is -0.110. The van der Waals surface area contributed by atoms with Gasteiger partial charge in [-0.3, -0.25) is 4.79 Å². The van der Waals surface area contributed by atoms with Crippen LogP contribution in [0.4, 0.5) is 5.69 Å². The Morgan fingerprint density at radius 2 is 1.88 bits per heavy atom. The largest absolute Gasteiger partial charge is 0.497 e. The molecule has 0 aromatic heterocycles. The molecule has 0 aliphatic rings. The minimum absolute atomic E-state index is 0.110. The van der Waals surface area contributed by atoms with Crippen LogP contribution in [0.3, 0.4) is 0 Å². The van der Waals surface area contributed by atoms with Gasteiger partial charge in [0.25, 0.3) is 5.91 Å². The van der Waals surface area contributed by atoms with Crippen LogP contribution in [0.1, 0.15) is 24.2 Å². The molecule has 0 saturated heterocycles. The number of carbonyl (C=O) groups is 2. The van der Waals surface area contributed by atoms with Crippen LogP contribution in [-0.2, 0) is 4.79 Å². The summed E-state index contributed by atoms with van der Waals surface area (Å²) in [5.74, 6) is -0.0955. The molecular weight excluding hydrogens is 338 g/mol. The predicted molar refractivity (Wildman–Crippen MR) is 96.3 cm³/mol. The lowest BCUT2D eigenvalue weighted by atomic mass is 10.1. The van der Waals surface area contributed by atoms with Crippen LogP contribution in [0.5, 0.6) is 17.2 Å². The third-order valence-electron chi connectivity index (χ3n) is 3.25. The summed E-state index contributed by atoms with van der Waals surface area (Å²) < 4.78 is 16.0. The van der Waals surface area contributed by atoms with Crippen molar-refractivity contribution in [2.45, 2.75) is 20.0 Å². The maximum atomic E-state index is 12.6. The molecule has 2 rings (SSSR count). The monoisotopic (exact) mass is 359 g/mol. The Labute approximate surface area is 151 Å². The van der Waals surface area contributed by atoms with Gasteiger partial charge in [-0.1, -0.05) is 6.07 Å². The first-order chi connectivity index (χ1) is 12.4. The molecule has 0 radical (unpaired) electrons. The number of ether oxygens (including phenoxy) is 3. The van der Waals surface area contributed by atoms with E-state index in [0.29, 0.717) is 28.5 Å². The van der Waals surface area contributed by atoms with Crippen molar-refractivity contribution in [1.82, 2.24) is 0 Å². The number of methoxy groups -OCH3 is 1. The second-order valence-corrected chi connectivity index (χ2v) is 5.69. The highest BCUT2D eigenvalue weighted by atomic mass is 16.5. The first-order valence-corrected chi connectivity index (χ1v) is 7.99. The van der Waals surface area contributed by atoms with E-state index in [1.807, 2.05) is 13.8 Å². The van der Waals surface area contributed by atoms with Gasteiger partial charge in [0.05, 0.1) is 18.8 Å². The molecule has 2 aromatic carbocycles. The van der Waals surface area contributed by atoms with Gasteiger partial charge in [-0.2, -0.15) is 0 Å². The van der Waals surface area contributed by atoms with E-state index in [1.54, 1.807) is 42.5 Å². The normalized spacial score (nSPS) is 10.3. The number of amides is 1. The minimum atomic E-state index is -1.08. The lowest BCUT2D eigenvalue weighted by Gasteiger charge is -2.15. The highest BCUT2D eigenvalue weighted by Crippen LogP contribution is 2.27. The van der Waals surface area contributed by atoms with E-state index >= 15 is 0 Å². The second-order valence-electron chi connectivity index (χ2n) is 5.69. The molecule has 0 saturated carbocycles. The van der Waals surface area contributed by atoms with Crippen molar-refractivity contribution in [1.29, 1.82) is 0 Å². The van der Waals surface area contributed by atoms with Crippen LogP contribution in [0.25, 0.3) is 0 Å². The molecule has 0 aliphatic heterocycles. The quantitative estimate of drug-likeness (QED) is 0.752. The van der Waals surface area contributed by atoms with Crippen molar-refractivity contribution in [3.05, 3.63) is 48.0 Å². The van der Waals surface area contributed by atoms with Crippen LogP contribution in [0.15, 0.2) is 42.5 Å². The van der Waals surface area contributed by atoms with Crippen LogP contribution in [0, 0.1) is 0 Å². The highest BCUT2D eigenvalue weighted by Gasteiger charge is 2.15. The van der Waals surface area contributed by atoms with E-state index in [2.05, 4.69) is 5.32 Å². The van der Waals surface area contributed by atoms with Crippen LogP contribution < -0.4 is 19.5 Å². The molecule has 0 spiro atoms.